The first kappa shape index (κ1) is 18.5. The molecule has 0 aliphatic carbocycles. The van der Waals surface area contributed by atoms with Gasteiger partial charge in [-0.1, -0.05) is 54.6 Å². The summed E-state index contributed by atoms with van der Waals surface area (Å²) in [6, 6.07) is 17.6. The Balaban J connectivity index is 2.02. The van der Waals surface area contributed by atoms with E-state index in [0.29, 0.717) is 12.8 Å². The van der Waals surface area contributed by atoms with Crippen molar-refractivity contribution in [2.75, 3.05) is 13.2 Å². The molecule has 132 valence electrons. The average molecular weight is 341 g/mol. The second-order valence-corrected chi connectivity index (χ2v) is 5.48. The molecule has 5 nitrogen and oxygen atoms in total. The fourth-order valence-corrected chi connectivity index (χ4v) is 2.41. The van der Waals surface area contributed by atoms with Crippen LogP contribution in [0.1, 0.15) is 30.1 Å². The normalized spacial score (nSPS) is 12.0. The van der Waals surface area contributed by atoms with Crippen LogP contribution in [0.5, 0.6) is 5.75 Å². The standard InChI is InChI=1S/C20H23NO4/c21-20(23)24-15-5-9-19(17-7-2-1-3-8-17)25-18-12-10-16(11-13-18)6-4-14-22/h1-4,6-8,10-13,19,22H,5,9,14-15H2,(H2,21,23). The largest absolute Gasteiger partial charge is 0.486 e. The van der Waals surface area contributed by atoms with Crippen molar-refractivity contribution >= 4 is 12.2 Å². The van der Waals surface area contributed by atoms with Gasteiger partial charge >= 0.3 is 6.09 Å². The van der Waals surface area contributed by atoms with Crippen LogP contribution in [0.3, 0.4) is 0 Å². The SMILES string of the molecule is NC(=O)OCCCC(Oc1ccc(C=CCO)cc1)c1ccccc1. The van der Waals surface area contributed by atoms with E-state index in [1.54, 1.807) is 6.08 Å². The first-order valence-corrected chi connectivity index (χ1v) is 8.20. The van der Waals surface area contributed by atoms with Crippen LogP contribution in [0, 0.1) is 0 Å². The third kappa shape index (κ3) is 6.69. The monoisotopic (exact) mass is 341 g/mol. The molecule has 0 fully saturated rings. The molecule has 5 heteroatoms. The predicted molar refractivity (Wildman–Crippen MR) is 97.1 cm³/mol. The molecule has 1 unspecified atom stereocenters. The topological polar surface area (TPSA) is 81.8 Å². The number of carbonyl (C=O) groups excluding carboxylic acids is 1. The number of benzene rings is 2. The molecule has 3 N–H and O–H groups in total. The second-order valence-electron chi connectivity index (χ2n) is 5.48. The lowest BCUT2D eigenvalue weighted by atomic mass is 10.0. The van der Waals surface area contributed by atoms with Crippen molar-refractivity contribution in [3.63, 3.8) is 0 Å². The Bertz CT molecular complexity index is 668. The van der Waals surface area contributed by atoms with Gasteiger partial charge in [0, 0.05) is 0 Å². The highest BCUT2D eigenvalue weighted by molar-refractivity contribution is 5.64. The van der Waals surface area contributed by atoms with Crippen LogP contribution >= 0.6 is 0 Å². The Labute approximate surface area is 147 Å². The highest BCUT2D eigenvalue weighted by Crippen LogP contribution is 2.26. The van der Waals surface area contributed by atoms with Crippen LogP contribution < -0.4 is 10.5 Å². The van der Waals surface area contributed by atoms with Crippen LogP contribution in [0.15, 0.2) is 60.7 Å². The zero-order valence-electron chi connectivity index (χ0n) is 14.0. The van der Waals surface area contributed by atoms with E-state index in [-0.39, 0.29) is 19.3 Å². The number of rotatable bonds is 9. The summed E-state index contributed by atoms with van der Waals surface area (Å²) < 4.78 is 10.9. The van der Waals surface area contributed by atoms with Crippen LogP contribution in [0.25, 0.3) is 6.08 Å². The summed E-state index contributed by atoms with van der Waals surface area (Å²) in [5, 5.41) is 8.81. The maximum Gasteiger partial charge on any atom is 0.404 e. The lowest BCUT2D eigenvalue weighted by molar-refractivity contribution is 0.140. The number of nitrogens with two attached hydrogens (primary N) is 1. The van der Waals surface area contributed by atoms with E-state index < -0.39 is 6.09 Å². The minimum atomic E-state index is -0.760. The van der Waals surface area contributed by atoms with Crippen molar-refractivity contribution in [1.29, 1.82) is 0 Å². The van der Waals surface area contributed by atoms with Gasteiger partial charge in [-0.15, -0.1) is 0 Å². The van der Waals surface area contributed by atoms with Gasteiger partial charge in [-0.3, -0.25) is 0 Å². The summed E-state index contributed by atoms with van der Waals surface area (Å²) in [6.07, 6.45) is 3.98. The van der Waals surface area contributed by atoms with Gasteiger partial charge in [0.25, 0.3) is 0 Å². The van der Waals surface area contributed by atoms with Crippen molar-refractivity contribution in [2.24, 2.45) is 5.73 Å². The fourth-order valence-electron chi connectivity index (χ4n) is 2.41. The molecule has 0 saturated heterocycles. The molecule has 0 bridgehead atoms. The molecule has 0 aromatic heterocycles. The smallest absolute Gasteiger partial charge is 0.404 e. The first-order chi connectivity index (χ1) is 12.2. The second kappa shape index (κ2) is 10.2. The van der Waals surface area contributed by atoms with Gasteiger partial charge in [-0.25, -0.2) is 4.79 Å². The minimum Gasteiger partial charge on any atom is -0.486 e. The zero-order chi connectivity index (χ0) is 17.9. The first-order valence-electron chi connectivity index (χ1n) is 8.20. The molecule has 0 spiro atoms. The van der Waals surface area contributed by atoms with E-state index in [1.807, 2.05) is 60.7 Å². The molecule has 0 heterocycles. The van der Waals surface area contributed by atoms with Crippen LogP contribution in [-0.4, -0.2) is 24.4 Å². The maximum atomic E-state index is 10.7. The molecule has 0 aliphatic rings. The van der Waals surface area contributed by atoms with Crippen LogP contribution in [0.4, 0.5) is 4.79 Å². The summed E-state index contributed by atoms with van der Waals surface area (Å²) in [7, 11) is 0. The Kier molecular flexibility index (Phi) is 7.53. The van der Waals surface area contributed by atoms with Crippen LogP contribution in [0.2, 0.25) is 0 Å². The number of carbonyl (C=O) groups is 1. The highest BCUT2D eigenvalue weighted by Gasteiger charge is 2.13. The number of aliphatic hydroxyl groups is 1. The van der Waals surface area contributed by atoms with Crippen molar-refractivity contribution in [3.8, 4) is 5.75 Å². The van der Waals surface area contributed by atoms with Gasteiger partial charge in [0.05, 0.1) is 13.2 Å². The third-order valence-corrected chi connectivity index (χ3v) is 3.60. The lowest BCUT2D eigenvalue weighted by Crippen LogP contribution is -2.15. The number of hydrogen-bond acceptors (Lipinski definition) is 4. The molecule has 1 amide bonds. The molecule has 2 aromatic carbocycles. The number of ether oxygens (including phenoxy) is 2. The van der Waals surface area contributed by atoms with Crippen LogP contribution in [-0.2, 0) is 4.74 Å². The molecule has 2 aromatic rings. The molecule has 1 atom stereocenters. The summed E-state index contributed by atoms with van der Waals surface area (Å²) in [5.41, 5.74) is 7.03. The Morgan fingerprint density at radius 2 is 1.84 bits per heavy atom. The highest BCUT2D eigenvalue weighted by atomic mass is 16.5. The van der Waals surface area contributed by atoms with Gasteiger partial charge in [0.15, 0.2) is 0 Å². The minimum absolute atomic E-state index is 0.0156. The Hall–Kier alpha value is -2.79. The lowest BCUT2D eigenvalue weighted by Gasteiger charge is -2.20. The van der Waals surface area contributed by atoms with Crippen molar-refractivity contribution in [1.82, 2.24) is 0 Å². The summed E-state index contributed by atoms with van der Waals surface area (Å²) in [4.78, 5) is 10.7. The molecule has 25 heavy (non-hydrogen) atoms. The van der Waals surface area contributed by atoms with E-state index in [4.69, 9.17) is 20.3 Å². The average Bonchev–Trinajstić information content (AvgIpc) is 2.64. The summed E-state index contributed by atoms with van der Waals surface area (Å²) >= 11 is 0. The quantitative estimate of drug-likeness (QED) is 0.682. The van der Waals surface area contributed by atoms with E-state index >= 15 is 0 Å². The van der Waals surface area contributed by atoms with Crippen molar-refractivity contribution < 1.29 is 19.4 Å². The van der Waals surface area contributed by atoms with E-state index in [2.05, 4.69) is 0 Å². The van der Waals surface area contributed by atoms with E-state index in [1.165, 1.54) is 0 Å². The maximum absolute atomic E-state index is 10.7. The summed E-state index contributed by atoms with van der Waals surface area (Å²) in [6.45, 7) is 0.286. The Morgan fingerprint density at radius 3 is 2.48 bits per heavy atom. The third-order valence-electron chi connectivity index (χ3n) is 3.60. The van der Waals surface area contributed by atoms with Crippen molar-refractivity contribution in [2.45, 2.75) is 18.9 Å². The number of aliphatic hydroxyl groups excluding tert-OH is 1. The van der Waals surface area contributed by atoms with Gasteiger partial charge in [0.2, 0.25) is 0 Å². The molecular formula is C20H23NO4. The fraction of sp³-hybridized carbons (Fsp3) is 0.250. The number of amides is 1. The molecule has 2 rings (SSSR count). The molecular weight excluding hydrogens is 318 g/mol. The van der Waals surface area contributed by atoms with Gasteiger partial charge < -0.3 is 20.3 Å². The molecule has 0 saturated carbocycles. The number of hydrogen-bond donors (Lipinski definition) is 2. The van der Waals surface area contributed by atoms with Gasteiger partial charge in [0.1, 0.15) is 11.9 Å². The van der Waals surface area contributed by atoms with Crippen molar-refractivity contribution in [3.05, 3.63) is 71.8 Å². The van der Waals surface area contributed by atoms with E-state index in [0.717, 1.165) is 16.9 Å². The predicted octanol–water partition coefficient (Wildman–Crippen LogP) is 3.69. The van der Waals surface area contributed by atoms with Gasteiger partial charge in [-0.05, 0) is 36.1 Å². The van der Waals surface area contributed by atoms with E-state index in [9.17, 15) is 4.79 Å². The van der Waals surface area contributed by atoms with Gasteiger partial charge in [-0.2, -0.15) is 0 Å². The Morgan fingerprint density at radius 1 is 1.12 bits per heavy atom. The number of primary amides is 1. The summed E-state index contributed by atoms with van der Waals surface area (Å²) in [5.74, 6) is 0.755. The zero-order valence-corrected chi connectivity index (χ0v) is 14.0. The molecule has 0 aliphatic heterocycles. The molecule has 0 radical (unpaired) electrons.